The summed E-state index contributed by atoms with van der Waals surface area (Å²) in [5.74, 6) is 1.20. The normalized spacial score (nSPS) is 25.1. The highest BCUT2D eigenvalue weighted by Crippen LogP contribution is 2.29. The van der Waals surface area contributed by atoms with E-state index < -0.39 is 10.0 Å². The number of piperidine rings is 1. The lowest BCUT2D eigenvalue weighted by Crippen LogP contribution is -2.38. The van der Waals surface area contributed by atoms with Gasteiger partial charge in [-0.2, -0.15) is 0 Å². The van der Waals surface area contributed by atoms with Gasteiger partial charge in [0.1, 0.15) is 5.82 Å². The zero-order valence-corrected chi connectivity index (χ0v) is 19.1. The van der Waals surface area contributed by atoms with Crippen molar-refractivity contribution in [2.75, 3.05) is 25.9 Å². The van der Waals surface area contributed by atoms with E-state index in [1.807, 2.05) is 0 Å². The largest absolute Gasteiger partial charge is 0.303 e. The van der Waals surface area contributed by atoms with Crippen molar-refractivity contribution >= 4 is 26.0 Å². The van der Waals surface area contributed by atoms with Crippen molar-refractivity contribution in [3.63, 3.8) is 0 Å². The smallest absolute Gasteiger partial charge is 0.208 e. The number of nitrogens with zero attached hydrogens (tertiary/aromatic N) is 1. The van der Waals surface area contributed by atoms with Crippen molar-refractivity contribution in [1.82, 2.24) is 9.62 Å². The lowest BCUT2D eigenvalue weighted by molar-refractivity contribution is 0.164. The molecular weight excluding hydrogens is 443 g/mol. The third-order valence-corrected chi connectivity index (χ3v) is 7.84. The Labute approximate surface area is 177 Å². The summed E-state index contributed by atoms with van der Waals surface area (Å²) in [5.41, 5.74) is 1.08. The quantitative estimate of drug-likeness (QED) is 0.639. The molecular formula is C21H32BrFN2O2S. The third kappa shape index (κ3) is 7.08. The van der Waals surface area contributed by atoms with Crippen LogP contribution in [0.25, 0.3) is 0 Å². The Morgan fingerprint density at radius 1 is 1.11 bits per heavy atom. The molecule has 7 heteroatoms. The van der Waals surface area contributed by atoms with Gasteiger partial charge in [-0.25, -0.2) is 17.5 Å². The van der Waals surface area contributed by atoms with E-state index in [4.69, 9.17) is 0 Å². The molecule has 1 aromatic rings. The van der Waals surface area contributed by atoms with Gasteiger partial charge in [0.25, 0.3) is 0 Å². The molecule has 2 aliphatic rings. The Kier molecular flexibility index (Phi) is 7.93. The molecule has 28 heavy (non-hydrogen) atoms. The predicted molar refractivity (Wildman–Crippen MR) is 115 cm³/mol. The first-order chi connectivity index (χ1) is 13.3. The third-order valence-electron chi connectivity index (χ3n) is 6.30. The molecule has 0 atom stereocenters. The maximum atomic E-state index is 13.5. The molecule has 1 aromatic carbocycles. The summed E-state index contributed by atoms with van der Waals surface area (Å²) < 4.78 is 39.9. The molecule has 4 nitrogen and oxygen atoms in total. The molecule has 1 saturated carbocycles. The Morgan fingerprint density at radius 3 is 2.43 bits per heavy atom. The van der Waals surface area contributed by atoms with E-state index >= 15 is 0 Å². The van der Waals surface area contributed by atoms with Gasteiger partial charge in [-0.05, 0) is 107 Å². The number of benzene rings is 1. The van der Waals surface area contributed by atoms with Crippen LogP contribution in [0.5, 0.6) is 0 Å². The maximum absolute atomic E-state index is 13.5. The molecule has 0 radical (unpaired) electrons. The Balaban J connectivity index is 1.34. The fourth-order valence-corrected chi connectivity index (χ4v) is 5.91. The number of hydrogen-bond acceptors (Lipinski definition) is 3. The van der Waals surface area contributed by atoms with Crippen LogP contribution in [-0.2, 0) is 16.4 Å². The van der Waals surface area contributed by atoms with Crippen LogP contribution in [0, 0.1) is 17.7 Å². The van der Waals surface area contributed by atoms with Gasteiger partial charge in [-0.3, -0.25) is 0 Å². The molecule has 0 unspecified atom stereocenters. The summed E-state index contributed by atoms with van der Waals surface area (Å²) >= 11 is 3.54. The van der Waals surface area contributed by atoms with Crippen LogP contribution in [0.2, 0.25) is 0 Å². The Hall–Kier alpha value is -0.500. The van der Waals surface area contributed by atoms with Crippen molar-refractivity contribution in [3.05, 3.63) is 34.1 Å². The number of hydrogen-bond donors (Lipinski definition) is 1. The maximum Gasteiger partial charge on any atom is 0.208 e. The zero-order chi connectivity index (χ0) is 20.1. The van der Waals surface area contributed by atoms with E-state index in [-0.39, 0.29) is 11.9 Å². The van der Waals surface area contributed by atoms with Crippen LogP contribution in [0.4, 0.5) is 4.39 Å². The average Bonchev–Trinajstić information content (AvgIpc) is 2.64. The minimum atomic E-state index is -3.09. The molecule has 0 spiro atoms. The predicted octanol–water partition coefficient (Wildman–Crippen LogP) is 4.34. The Bertz CT molecular complexity index is 743. The van der Waals surface area contributed by atoms with Crippen LogP contribution < -0.4 is 4.72 Å². The number of rotatable bonds is 7. The summed E-state index contributed by atoms with van der Waals surface area (Å²) in [4.78, 5) is 2.57. The summed E-state index contributed by atoms with van der Waals surface area (Å²) in [5, 5.41) is 0. The first kappa shape index (κ1) is 22.2. The molecule has 3 rings (SSSR count). The van der Waals surface area contributed by atoms with Crippen molar-refractivity contribution in [3.8, 4) is 0 Å². The van der Waals surface area contributed by atoms with Gasteiger partial charge >= 0.3 is 0 Å². The van der Waals surface area contributed by atoms with Crippen LogP contribution in [-0.4, -0.2) is 45.2 Å². The van der Waals surface area contributed by atoms with Gasteiger partial charge in [-0.15, -0.1) is 0 Å². The molecule has 1 saturated heterocycles. The number of halogens is 2. The molecule has 2 fully saturated rings. The van der Waals surface area contributed by atoms with Gasteiger partial charge in [0.15, 0.2) is 0 Å². The topological polar surface area (TPSA) is 49.4 Å². The fourth-order valence-electron chi connectivity index (χ4n) is 4.66. The highest BCUT2D eigenvalue weighted by Gasteiger charge is 2.25. The lowest BCUT2D eigenvalue weighted by atomic mass is 9.84. The molecule has 0 bridgehead atoms. The highest BCUT2D eigenvalue weighted by atomic mass is 79.9. The van der Waals surface area contributed by atoms with E-state index in [1.54, 1.807) is 12.1 Å². The van der Waals surface area contributed by atoms with Crippen LogP contribution >= 0.6 is 15.9 Å². The van der Waals surface area contributed by atoms with Crippen molar-refractivity contribution in [2.24, 2.45) is 11.8 Å². The fraction of sp³-hybridized carbons (Fsp3) is 0.714. The number of sulfonamides is 1. The second-order valence-electron chi connectivity index (χ2n) is 8.62. The summed E-state index contributed by atoms with van der Waals surface area (Å²) in [7, 11) is -3.09. The van der Waals surface area contributed by atoms with Gasteiger partial charge < -0.3 is 4.90 Å². The van der Waals surface area contributed by atoms with E-state index in [1.165, 1.54) is 31.6 Å². The number of likely N-dealkylation sites (tertiary alicyclic amines) is 1. The van der Waals surface area contributed by atoms with E-state index in [0.29, 0.717) is 5.92 Å². The van der Waals surface area contributed by atoms with Gasteiger partial charge in [0.05, 0.1) is 6.26 Å². The van der Waals surface area contributed by atoms with E-state index in [0.717, 1.165) is 67.7 Å². The van der Waals surface area contributed by atoms with Crippen molar-refractivity contribution < 1.29 is 12.8 Å². The zero-order valence-electron chi connectivity index (χ0n) is 16.7. The van der Waals surface area contributed by atoms with Crippen LogP contribution in [0.1, 0.15) is 50.5 Å². The molecule has 1 N–H and O–H groups in total. The number of nitrogens with one attached hydrogen (secondary N) is 1. The summed E-state index contributed by atoms with van der Waals surface area (Å²) in [6, 6.07) is 5.09. The molecule has 1 heterocycles. The lowest BCUT2D eigenvalue weighted by Gasteiger charge is -2.34. The SMILES string of the molecule is CS(=O)(=O)NC1CCC(CCN2CCC(Cc3cc(F)ccc3Br)CC2)CC1. The van der Waals surface area contributed by atoms with Gasteiger partial charge in [-0.1, -0.05) is 15.9 Å². The van der Waals surface area contributed by atoms with E-state index in [2.05, 4.69) is 25.6 Å². The van der Waals surface area contributed by atoms with Gasteiger partial charge in [0.2, 0.25) is 10.0 Å². The Morgan fingerprint density at radius 2 is 1.79 bits per heavy atom. The standard InChI is InChI=1S/C21H32BrFN2O2S/c1-28(26,27)24-20-5-2-16(3-6-20)8-11-25-12-9-17(10-13-25)14-18-15-19(23)4-7-21(18)22/h4,7,15-17,20,24H,2-3,5-6,8-14H2,1H3. The molecule has 1 aliphatic carbocycles. The minimum absolute atomic E-state index is 0.129. The van der Waals surface area contributed by atoms with Crippen LogP contribution in [0.15, 0.2) is 22.7 Å². The summed E-state index contributed by atoms with van der Waals surface area (Å²) in [6.07, 6.45) is 9.92. The molecule has 1 aliphatic heterocycles. The minimum Gasteiger partial charge on any atom is -0.303 e. The average molecular weight is 475 g/mol. The second kappa shape index (κ2) is 10.0. The van der Waals surface area contributed by atoms with Crippen molar-refractivity contribution in [2.45, 2.75) is 57.4 Å². The van der Waals surface area contributed by atoms with E-state index in [9.17, 15) is 12.8 Å². The summed E-state index contributed by atoms with van der Waals surface area (Å²) in [6.45, 7) is 3.40. The highest BCUT2D eigenvalue weighted by molar-refractivity contribution is 9.10. The van der Waals surface area contributed by atoms with Crippen molar-refractivity contribution in [1.29, 1.82) is 0 Å². The molecule has 0 amide bonds. The van der Waals surface area contributed by atoms with Gasteiger partial charge in [0, 0.05) is 10.5 Å². The second-order valence-corrected chi connectivity index (χ2v) is 11.3. The first-order valence-corrected chi connectivity index (χ1v) is 13.1. The van der Waals surface area contributed by atoms with Crippen LogP contribution in [0.3, 0.4) is 0 Å². The molecule has 0 aromatic heterocycles. The first-order valence-electron chi connectivity index (χ1n) is 10.4. The molecule has 158 valence electrons. The monoisotopic (exact) mass is 474 g/mol.